The second-order valence-corrected chi connectivity index (χ2v) is 6.86. The number of fused-ring (bicyclic) bond motifs is 1. The molecule has 0 aromatic rings. The highest BCUT2D eigenvalue weighted by atomic mass is 14.6. The van der Waals surface area contributed by atoms with Crippen molar-refractivity contribution in [3.63, 3.8) is 0 Å². The zero-order valence-electron chi connectivity index (χ0n) is 11.8. The Hall–Kier alpha value is 0. The zero-order valence-corrected chi connectivity index (χ0v) is 11.8. The Kier molecular flexibility index (Phi) is 3.66. The summed E-state index contributed by atoms with van der Waals surface area (Å²) in [5.41, 5.74) is 0.712. The monoisotopic (exact) mass is 222 g/mol. The summed E-state index contributed by atoms with van der Waals surface area (Å²) in [7, 11) is 0. The molecule has 2 saturated carbocycles. The molecular formula is C16H30. The Morgan fingerprint density at radius 2 is 1.75 bits per heavy atom. The van der Waals surface area contributed by atoms with E-state index in [0.29, 0.717) is 5.41 Å². The van der Waals surface area contributed by atoms with Gasteiger partial charge in [0.25, 0.3) is 0 Å². The first-order valence-corrected chi connectivity index (χ1v) is 7.59. The first-order valence-electron chi connectivity index (χ1n) is 7.59. The summed E-state index contributed by atoms with van der Waals surface area (Å²) in [6.45, 7) is 10.0. The Morgan fingerprint density at radius 1 is 1.06 bits per heavy atom. The van der Waals surface area contributed by atoms with Gasteiger partial charge in [0, 0.05) is 0 Å². The fourth-order valence-corrected chi connectivity index (χ4v) is 4.28. The standard InChI is InChI=1S/C16H30/c1-5-14-9-7-6-8-10-15-11-16(15,4)13(3)12(14)2/h12-15H,5-11H2,1-4H3. The maximum atomic E-state index is 2.56. The minimum absolute atomic E-state index is 0.712. The third kappa shape index (κ3) is 2.17. The molecule has 0 bridgehead atoms. The van der Waals surface area contributed by atoms with Crippen LogP contribution in [0, 0.1) is 29.1 Å². The summed E-state index contributed by atoms with van der Waals surface area (Å²) in [5, 5.41) is 0. The Morgan fingerprint density at radius 3 is 2.44 bits per heavy atom. The summed E-state index contributed by atoms with van der Waals surface area (Å²) in [6, 6.07) is 0. The molecule has 0 aromatic carbocycles. The van der Waals surface area contributed by atoms with Crippen molar-refractivity contribution in [1.82, 2.24) is 0 Å². The number of rotatable bonds is 1. The average Bonchev–Trinajstić information content (AvgIpc) is 2.94. The van der Waals surface area contributed by atoms with Gasteiger partial charge < -0.3 is 0 Å². The maximum Gasteiger partial charge on any atom is -0.0266 e. The number of hydrogen-bond donors (Lipinski definition) is 0. The van der Waals surface area contributed by atoms with Crippen LogP contribution < -0.4 is 0 Å². The third-order valence-electron chi connectivity index (χ3n) is 6.18. The lowest BCUT2D eigenvalue weighted by Gasteiger charge is -2.34. The van der Waals surface area contributed by atoms with Gasteiger partial charge >= 0.3 is 0 Å². The molecule has 0 nitrogen and oxygen atoms in total. The van der Waals surface area contributed by atoms with Crippen LogP contribution in [0.4, 0.5) is 0 Å². The van der Waals surface area contributed by atoms with Crippen LogP contribution in [0.25, 0.3) is 0 Å². The van der Waals surface area contributed by atoms with Crippen molar-refractivity contribution in [2.75, 3.05) is 0 Å². The van der Waals surface area contributed by atoms with E-state index >= 15 is 0 Å². The smallest absolute Gasteiger partial charge is 0.0266 e. The van der Waals surface area contributed by atoms with E-state index < -0.39 is 0 Å². The molecular weight excluding hydrogens is 192 g/mol. The molecule has 0 heteroatoms. The van der Waals surface area contributed by atoms with Crippen LogP contribution in [0.5, 0.6) is 0 Å². The van der Waals surface area contributed by atoms with Crippen LogP contribution >= 0.6 is 0 Å². The lowest BCUT2D eigenvalue weighted by molar-refractivity contribution is 0.155. The van der Waals surface area contributed by atoms with E-state index in [2.05, 4.69) is 27.7 Å². The minimum atomic E-state index is 0.712. The number of hydrogen-bond acceptors (Lipinski definition) is 0. The Balaban J connectivity index is 2.07. The molecule has 0 heterocycles. The SMILES string of the molecule is CCC1CCCCCC2CC2(C)C(C)C1C. The van der Waals surface area contributed by atoms with E-state index in [0.717, 1.165) is 23.7 Å². The minimum Gasteiger partial charge on any atom is -0.0651 e. The van der Waals surface area contributed by atoms with E-state index in [-0.39, 0.29) is 0 Å². The van der Waals surface area contributed by atoms with Crippen molar-refractivity contribution in [1.29, 1.82) is 0 Å². The third-order valence-corrected chi connectivity index (χ3v) is 6.18. The Labute approximate surface area is 102 Å². The summed E-state index contributed by atoms with van der Waals surface area (Å²) in [6.07, 6.45) is 10.4. The van der Waals surface area contributed by atoms with Crippen molar-refractivity contribution < 1.29 is 0 Å². The molecule has 2 rings (SSSR count). The molecule has 94 valence electrons. The molecule has 0 saturated heterocycles. The predicted octanol–water partition coefficient (Wildman–Crippen LogP) is 5.28. The molecule has 0 aliphatic heterocycles. The van der Waals surface area contributed by atoms with Crippen LogP contribution in [0.3, 0.4) is 0 Å². The van der Waals surface area contributed by atoms with Crippen molar-refractivity contribution >= 4 is 0 Å². The van der Waals surface area contributed by atoms with Gasteiger partial charge in [-0.3, -0.25) is 0 Å². The molecule has 16 heavy (non-hydrogen) atoms. The Bertz CT molecular complexity index is 232. The van der Waals surface area contributed by atoms with Crippen molar-refractivity contribution in [2.45, 2.75) is 72.6 Å². The quantitative estimate of drug-likeness (QED) is 0.566. The normalized spacial score (nSPS) is 49.5. The molecule has 0 radical (unpaired) electrons. The van der Waals surface area contributed by atoms with Crippen LogP contribution in [0.15, 0.2) is 0 Å². The molecule has 5 atom stereocenters. The second kappa shape index (κ2) is 4.70. The fourth-order valence-electron chi connectivity index (χ4n) is 4.28. The summed E-state index contributed by atoms with van der Waals surface area (Å²) < 4.78 is 0. The van der Waals surface area contributed by atoms with E-state index in [1.807, 2.05) is 0 Å². The molecule has 0 N–H and O–H groups in total. The lowest BCUT2D eigenvalue weighted by atomic mass is 9.71. The molecule has 0 spiro atoms. The molecule has 5 unspecified atom stereocenters. The first-order chi connectivity index (χ1) is 7.59. The lowest BCUT2D eigenvalue weighted by Crippen LogP contribution is -2.26. The van der Waals surface area contributed by atoms with Gasteiger partial charge in [-0.2, -0.15) is 0 Å². The highest BCUT2D eigenvalue weighted by molar-refractivity contribution is 5.03. The van der Waals surface area contributed by atoms with E-state index in [9.17, 15) is 0 Å². The van der Waals surface area contributed by atoms with Gasteiger partial charge in [-0.1, -0.05) is 59.8 Å². The van der Waals surface area contributed by atoms with Crippen LogP contribution in [0.2, 0.25) is 0 Å². The average molecular weight is 222 g/mol. The van der Waals surface area contributed by atoms with Crippen molar-refractivity contribution in [3.8, 4) is 0 Å². The van der Waals surface area contributed by atoms with E-state index in [1.54, 1.807) is 0 Å². The van der Waals surface area contributed by atoms with Crippen molar-refractivity contribution in [2.24, 2.45) is 29.1 Å². The van der Waals surface area contributed by atoms with Gasteiger partial charge in [0.2, 0.25) is 0 Å². The molecule has 2 fully saturated rings. The van der Waals surface area contributed by atoms with E-state index in [4.69, 9.17) is 0 Å². The molecule has 2 aliphatic carbocycles. The first kappa shape index (κ1) is 12.5. The molecule has 0 amide bonds. The summed E-state index contributed by atoms with van der Waals surface area (Å²) >= 11 is 0. The van der Waals surface area contributed by atoms with Gasteiger partial charge in [-0.05, 0) is 41.9 Å². The van der Waals surface area contributed by atoms with Gasteiger partial charge in [-0.15, -0.1) is 0 Å². The van der Waals surface area contributed by atoms with Gasteiger partial charge in [0.15, 0.2) is 0 Å². The van der Waals surface area contributed by atoms with Crippen molar-refractivity contribution in [3.05, 3.63) is 0 Å². The predicted molar refractivity (Wildman–Crippen MR) is 71.4 cm³/mol. The van der Waals surface area contributed by atoms with Gasteiger partial charge in [0.05, 0.1) is 0 Å². The van der Waals surface area contributed by atoms with Crippen LogP contribution in [-0.4, -0.2) is 0 Å². The maximum absolute atomic E-state index is 2.56. The fraction of sp³-hybridized carbons (Fsp3) is 1.00. The second-order valence-electron chi connectivity index (χ2n) is 6.86. The largest absolute Gasteiger partial charge is 0.0651 e. The topological polar surface area (TPSA) is 0 Å². The highest BCUT2D eigenvalue weighted by Crippen LogP contribution is 2.62. The molecule has 0 aromatic heterocycles. The summed E-state index contributed by atoms with van der Waals surface area (Å²) in [5.74, 6) is 3.95. The molecule has 2 aliphatic rings. The zero-order chi connectivity index (χ0) is 11.8. The summed E-state index contributed by atoms with van der Waals surface area (Å²) in [4.78, 5) is 0. The van der Waals surface area contributed by atoms with Gasteiger partial charge in [0.1, 0.15) is 0 Å². The van der Waals surface area contributed by atoms with Gasteiger partial charge in [-0.25, -0.2) is 0 Å². The van der Waals surface area contributed by atoms with Crippen LogP contribution in [0.1, 0.15) is 72.6 Å². The van der Waals surface area contributed by atoms with E-state index in [1.165, 1.54) is 44.9 Å². The van der Waals surface area contributed by atoms with Crippen LogP contribution in [-0.2, 0) is 0 Å². The highest BCUT2D eigenvalue weighted by Gasteiger charge is 2.54.